The third kappa shape index (κ3) is 4.45. The van der Waals surface area contributed by atoms with Crippen LogP contribution < -0.4 is 0 Å². The Morgan fingerprint density at radius 3 is 1.94 bits per heavy atom. The molecule has 5 heteroatoms. The average Bonchev–Trinajstić information content (AvgIpc) is 2.13. The van der Waals surface area contributed by atoms with Gasteiger partial charge in [-0.2, -0.15) is 13.2 Å². The van der Waals surface area contributed by atoms with Gasteiger partial charge in [0.1, 0.15) is 6.10 Å². The summed E-state index contributed by atoms with van der Waals surface area (Å²) in [7, 11) is -2.13. The van der Waals surface area contributed by atoms with Crippen molar-refractivity contribution >= 4 is 8.32 Å². The van der Waals surface area contributed by atoms with E-state index < -0.39 is 20.6 Å². The quantitative estimate of drug-likeness (QED) is 0.680. The molecule has 0 aromatic carbocycles. The summed E-state index contributed by atoms with van der Waals surface area (Å²) in [4.78, 5) is 0. The molecular weight excluding hydrogens is 233 g/mol. The van der Waals surface area contributed by atoms with Gasteiger partial charge in [0.15, 0.2) is 8.32 Å². The Bertz CT molecular complexity index is 216. The van der Waals surface area contributed by atoms with E-state index in [2.05, 4.69) is 0 Å². The molecule has 0 aromatic rings. The molecule has 0 radical (unpaired) electrons. The Morgan fingerprint density at radius 2 is 1.56 bits per heavy atom. The summed E-state index contributed by atoms with van der Waals surface area (Å²) >= 11 is 0. The molecule has 1 rings (SSSR count). The highest BCUT2D eigenvalue weighted by molar-refractivity contribution is 6.69. The molecule has 0 saturated heterocycles. The lowest BCUT2D eigenvalue weighted by molar-refractivity contribution is -0.215. The van der Waals surface area contributed by atoms with E-state index in [1.165, 1.54) is 0 Å². The summed E-state index contributed by atoms with van der Waals surface area (Å²) in [5.74, 6) is -0.319. The standard InChI is InChI=1S/C11H21F3OSi/c1-16(2,3)15-10(11(12,13)14)9-7-5-4-6-8-9/h9-10H,4-8H2,1-3H3. The van der Waals surface area contributed by atoms with Crippen molar-refractivity contribution in [1.82, 2.24) is 0 Å². The first-order chi connectivity index (χ1) is 7.20. The molecule has 1 saturated carbocycles. The molecule has 0 amide bonds. The van der Waals surface area contributed by atoms with Crippen molar-refractivity contribution in [3.63, 3.8) is 0 Å². The van der Waals surface area contributed by atoms with Crippen LogP contribution in [0.5, 0.6) is 0 Å². The fourth-order valence-corrected chi connectivity index (χ4v) is 3.34. The molecule has 1 atom stereocenters. The van der Waals surface area contributed by atoms with E-state index in [9.17, 15) is 13.2 Å². The van der Waals surface area contributed by atoms with Crippen LogP contribution in [0, 0.1) is 5.92 Å². The summed E-state index contributed by atoms with van der Waals surface area (Å²) < 4.78 is 44.2. The molecule has 1 unspecified atom stereocenters. The number of hydrogen-bond acceptors (Lipinski definition) is 1. The molecule has 16 heavy (non-hydrogen) atoms. The van der Waals surface area contributed by atoms with Crippen molar-refractivity contribution in [2.24, 2.45) is 5.92 Å². The Hall–Kier alpha value is -0.0331. The fraction of sp³-hybridized carbons (Fsp3) is 1.00. The molecule has 0 N–H and O–H groups in total. The van der Waals surface area contributed by atoms with Crippen molar-refractivity contribution in [2.75, 3.05) is 0 Å². The van der Waals surface area contributed by atoms with Gasteiger partial charge in [0.25, 0.3) is 0 Å². The highest BCUT2D eigenvalue weighted by atomic mass is 28.4. The third-order valence-electron chi connectivity index (χ3n) is 2.88. The van der Waals surface area contributed by atoms with Gasteiger partial charge in [-0.1, -0.05) is 19.3 Å². The lowest BCUT2D eigenvalue weighted by Crippen LogP contribution is -2.45. The van der Waals surface area contributed by atoms with E-state index in [0.29, 0.717) is 12.8 Å². The topological polar surface area (TPSA) is 9.23 Å². The summed E-state index contributed by atoms with van der Waals surface area (Å²) in [6.07, 6.45) is -1.53. The van der Waals surface area contributed by atoms with Gasteiger partial charge < -0.3 is 4.43 Å². The van der Waals surface area contributed by atoms with E-state index in [1.54, 1.807) is 0 Å². The zero-order chi connectivity index (χ0) is 12.4. The minimum atomic E-state index is -4.21. The Labute approximate surface area is 96.5 Å². The predicted molar refractivity (Wildman–Crippen MR) is 60.8 cm³/mol. The maximum atomic E-state index is 12.9. The van der Waals surface area contributed by atoms with Crippen LogP contribution in [0.2, 0.25) is 19.6 Å². The van der Waals surface area contributed by atoms with Gasteiger partial charge in [-0.25, -0.2) is 0 Å². The fourth-order valence-electron chi connectivity index (χ4n) is 2.25. The number of alkyl halides is 3. The molecular formula is C11H21F3OSi. The number of halogens is 3. The first-order valence-electron chi connectivity index (χ1n) is 5.95. The smallest absolute Gasteiger partial charge is 0.406 e. The van der Waals surface area contributed by atoms with Gasteiger partial charge in [-0.3, -0.25) is 0 Å². The first-order valence-corrected chi connectivity index (χ1v) is 9.35. The van der Waals surface area contributed by atoms with Gasteiger partial charge in [0.2, 0.25) is 0 Å². The van der Waals surface area contributed by atoms with Crippen LogP contribution in [0.3, 0.4) is 0 Å². The molecule has 0 spiro atoms. The van der Waals surface area contributed by atoms with Gasteiger partial charge in [0, 0.05) is 0 Å². The summed E-state index contributed by atoms with van der Waals surface area (Å²) in [6.45, 7) is 5.44. The van der Waals surface area contributed by atoms with Crippen molar-refractivity contribution in [1.29, 1.82) is 0 Å². The van der Waals surface area contributed by atoms with Gasteiger partial charge in [-0.05, 0) is 38.4 Å². The van der Waals surface area contributed by atoms with Gasteiger partial charge in [0.05, 0.1) is 0 Å². The van der Waals surface area contributed by atoms with Crippen LogP contribution in [-0.2, 0) is 4.43 Å². The lowest BCUT2D eigenvalue weighted by atomic mass is 9.85. The van der Waals surface area contributed by atoms with Crippen LogP contribution in [0.15, 0.2) is 0 Å². The second kappa shape index (κ2) is 5.08. The molecule has 96 valence electrons. The molecule has 1 fully saturated rings. The lowest BCUT2D eigenvalue weighted by Gasteiger charge is -2.35. The largest absolute Gasteiger partial charge is 0.413 e. The SMILES string of the molecule is C[Si](C)(C)OC(C1CCCCC1)C(F)(F)F. The second-order valence-electron chi connectivity index (χ2n) is 5.59. The van der Waals surface area contributed by atoms with Crippen LogP contribution in [0.25, 0.3) is 0 Å². The normalized spacial score (nSPS) is 22.1. The number of rotatable bonds is 3. The Balaban J connectivity index is 2.70. The van der Waals surface area contributed by atoms with E-state index in [4.69, 9.17) is 4.43 Å². The summed E-state index contributed by atoms with van der Waals surface area (Å²) in [5.41, 5.74) is 0. The average molecular weight is 254 g/mol. The molecule has 1 nitrogen and oxygen atoms in total. The van der Waals surface area contributed by atoms with Crippen LogP contribution in [0.4, 0.5) is 13.2 Å². The Morgan fingerprint density at radius 1 is 1.06 bits per heavy atom. The van der Waals surface area contributed by atoms with Crippen LogP contribution >= 0.6 is 0 Å². The third-order valence-corrected chi connectivity index (χ3v) is 3.84. The highest BCUT2D eigenvalue weighted by Crippen LogP contribution is 2.37. The maximum Gasteiger partial charge on any atom is 0.413 e. The first kappa shape index (κ1) is 14.0. The van der Waals surface area contributed by atoms with E-state index >= 15 is 0 Å². The van der Waals surface area contributed by atoms with E-state index in [-0.39, 0.29) is 5.92 Å². The van der Waals surface area contributed by atoms with E-state index in [0.717, 1.165) is 19.3 Å². The monoisotopic (exact) mass is 254 g/mol. The molecule has 1 aliphatic carbocycles. The Kier molecular flexibility index (Phi) is 4.46. The van der Waals surface area contributed by atoms with Crippen LogP contribution in [-0.4, -0.2) is 20.6 Å². The van der Waals surface area contributed by atoms with Crippen molar-refractivity contribution in [2.45, 2.75) is 64.0 Å². The molecule has 0 heterocycles. The predicted octanol–water partition coefficient (Wildman–Crippen LogP) is 4.35. The van der Waals surface area contributed by atoms with Crippen molar-refractivity contribution in [3.8, 4) is 0 Å². The molecule has 0 bridgehead atoms. The minimum Gasteiger partial charge on any atom is -0.406 e. The molecule has 1 aliphatic rings. The minimum absolute atomic E-state index is 0.319. The van der Waals surface area contributed by atoms with Crippen molar-refractivity contribution < 1.29 is 17.6 Å². The zero-order valence-corrected chi connectivity index (χ0v) is 11.2. The second-order valence-corrected chi connectivity index (χ2v) is 10.1. The van der Waals surface area contributed by atoms with Crippen molar-refractivity contribution in [3.05, 3.63) is 0 Å². The summed E-state index contributed by atoms with van der Waals surface area (Å²) in [6, 6.07) is 0. The van der Waals surface area contributed by atoms with Gasteiger partial charge >= 0.3 is 6.18 Å². The number of hydrogen-bond donors (Lipinski definition) is 0. The summed E-state index contributed by atoms with van der Waals surface area (Å²) in [5, 5.41) is 0. The van der Waals surface area contributed by atoms with Gasteiger partial charge in [-0.15, -0.1) is 0 Å². The maximum absolute atomic E-state index is 12.9. The molecule has 0 aliphatic heterocycles. The highest BCUT2D eigenvalue weighted by Gasteiger charge is 2.47. The zero-order valence-electron chi connectivity index (χ0n) is 10.2. The molecule has 0 aromatic heterocycles. The van der Waals surface area contributed by atoms with E-state index in [1.807, 2.05) is 19.6 Å². The van der Waals surface area contributed by atoms with Crippen LogP contribution in [0.1, 0.15) is 32.1 Å².